The molecule has 2 aromatic carbocycles. The van der Waals surface area contributed by atoms with Crippen LogP contribution < -0.4 is 5.32 Å². The smallest absolute Gasteiger partial charge is 0.239 e. The maximum Gasteiger partial charge on any atom is 0.239 e. The summed E-state index contributed by atoms with van der Waals surface area (Å²) in [5.74, 6) is -0.392. The molecule has 22 heavy (non-hydrogen) atoms. The van der Waals surface area contributed by atoms with Gasteiger partial charge in [0.1, 0.15) is 5.82 Å². The maximum absolute atomic E-state index is 12.9. The molecule has 0 radical (unpaired) electrons. The minimum atomic E-state index is -0.314. The Hall–Kier alpha value is -1.85. The van der Waals surface area contributed by atoms with Gasteiger partial charge in [-0.25, -0.2) is 9.38 Å². The van der Waals surface area contributed by atoms with Crippen LogP contribution in [0, 0.1) is 5.82 Å². The molecule has 0 unspecified atom stereocenters. The number of aliphatic imine (C=N–C) groups is 1. The summed E-state index contributed by atoms with van der Waals surface area (Å²) < 4.78 is 12.9. The third kappa shape index (κ3) is 3.67. The van der Waals surface area contributed by atoms with Gasteiger partial charge in [-0.1, -0.05) is 35.5 Å². The average molecular weight is 335 g/mol. The molecule has 3 nitrogen and oxygen atoms in total. The Bertz CT molecular complexity index is 733. The average Bonchev–Trinajstić information content (AvgIpc) is 2.81. The highest BCUT2D eigenvalue weighted by molar-refractivity contribution is 8.15. The van der Waals surface area contributed by atoms with Crippen molar-refractivity contribution in [3.63, 3.8) is 0 Å². The van der Waals surface area contributed by atoms with E-state index in [0.717, 1.165) is 5.56 Å². The van der Waals surface area contributed by atoms with Crippen molar-refractivity contribution in [3.8, 4) is 0 Å². The number of halogens is 2. The second-order valence-electron chi connectivity index (χ2n) is 4.82. The fourth-order valence-corrected chi connectivity index (χ4v) is 3.34. The second-order valence-corrected chi connectivity index (χ2v) is 6.45. The summed E-state index contributed by atoms with van der Waals surface area (Å²) in [6.45, 7) is 0. The van der Waals surface area contributed by atoms with Crippen molar-refractivity contribution in [2.45, 2.75) is 11.7 Å². The predicted octanol–water partition coefficient (Wildman–Crippen LogP) is 3.94. The van der Waals surface area contributed by atoms with Gasteiger partial charge in [0.25, 0.3) is 0 Å². The molecule has 0 spiro atoms. The van der Waals surface area contributed by atoms with Crippen molar-refractivity contribution >= 4 is 40.1 Å². The van der Waals surface area contributed by atoms with E-state index in [1.807, 2.05) is 18.2 Å². The van der Waals surface area contributed by atoms with Gasteiger partial charge in [0.2, 0.25) is 5.91 Å². The summed E-state index contributed by atoms with van der Waals surface area (Å²) in [5.41, 5.74) is 1.61. The summed E-state index contributed by atoms with van der Waals surface area (Å²) >= 11 is 7.32. The number of nitrogens with zero attached hydrogens (tertiary/aromatic N) is 1. The summed E-state index contributed by atoms with van der Waals surface area (Å²) in [6, 6.07) is 13.3. The van der Waals surface area contributed by atoms with Crippen LogP contribution in [0.5, 0.6) is 0 Å². The first kappa shape index (κ1) is 15.1. The van der Waals surface area contributed by atoms with E-state index in [-0.39, 0.29) is 17.0 Å². The van der Waals surface area contributed by atoms with Gasteiger partial charge < -0.3 is 5.32 Å². The molecule has 1 N–H and O–H groups in total. The van der Waals surface area contributed by atoms with Crippen LogP contribution in [-0.2, 0) is 11.2 Å². The molecule has 0 aliphatic carbocycles. The number of thioether (sulfide) groups is 1. The van der Waals surface area contributed by atoms with Crippen LogP contribution in [-0.4, -0.2) is 16.3 Å². The van der Waals surface area contributed by atoms with Crippen LogP contribution in [0.4, 0.5) is 10.1 Å². The Labute approximate surface area is 136 Å². The lowest BCUT2D eigenvalue weighted by molar-refractivity contribution is -0.118. The monoisotopic (exact) mass is 334 g/mol. The maximum atomic E-state index is 12.9. The minimum absolute atomic E-state index is 0.0779. The second kappa shape index (κ2) is 6.50. The molecule has 0 aromatic heterocycles. The van der Waals surface area contributed by atoms with E-state index in [1.165, 1.54) is 23.9 Å². The number of nitrogens with one attached hydrogen (secondary N) is 1. The molecule has 1 aliphatic rings. The van der Waals surface area contributed by atoms with Crippen LogP contribution in [0.15, 0.2) is 53.5 Å². The van der Waals surface area contributed by atoms with Crippen molar-refractivity contribution in [2.24, 2.45) is 4.99 Å². The lowest BCUT2D eigenvalue weighted by Gasteiger charge is -2.05. The molecular formula is C16H12ClFN2OS. The zero-order valence-electron chi connectivity index (χ0n) is 11.4. The highest BCUT2D eigenvalue weighted by Gasteiger charge is 2.30. The number of carbonyl (C=O) groups excluding carboxylic acids is 1. The zero-order chi connectivity index (χ0) is 15.5. The molecule has 0 bridgehead atoms. The topological polar surface area (TPSA) is 41.5 Å². The first-order valence-electron chi connectivity index (χ1n) is 6.66. The summed E-state index contributed by atoms with van der Waals surface area (Å²) in [5, 5.41) is 3.70. The van der Waals surface area contributed by atoms with E-state index in [4.69, 9.17) is 11.6 Å². The van der Waals surface area contributed by atoms with Gasteiger partial charge in [-0.15, -0.1) is 0 Å². The van der Waals surface area contributed by atoms with Crippen molar-refractivity contribution in [3.05, 3.63) is 64.9 Å². The van der Waals surface area contributed by atoms with Gasteiger partial charge in [-0.3, -0.25) is 4.79 Å². The van der Waals surface area contributed by atoms with E-state index < -0.39 is 0 Å². The first-order chi connectivity index (χ1) is 10.6. The number of rotatable bonds is 3. The van der Waals surface area contributed by atoms with Crippen LogP contribution in [0.25, 0.3) is 0 Å². The molecule has 1 aliphatic heterocycles. The molecule has 2 aromatic rings. The number of hydrogen-bond donors (Lipinski definition) is 1. The lowest BCUT2D eigenvalue weighted by Crippen LogP contribution is -2.25. The van der Waals surface area contributed by atoms with Crippen molar-refractivity contribution in [1.82, 2.24) is 5.32 Å². The van der Waals surface area contributed by atoms with Gasteiger partial charge in [-0.05, 0) is 48.4 Å². The minimum Gasteiger partial charge on any atom is -0.304 e. The Kier molecular flexibility index (Phi) is 4.45. The third-order valence-corrected chi connectivity index (χ3v) is 4.46. The van der Waals surface area contributed by atoms with Gasteiger partial charge in [0.05, 0.1) is 10.9 Å². The molecule has 6 heteroatoms. The van der Waals surface area contributed by atoms with E-state index >= 15 is 0 Å². The third-order valence-electron chi connectivity index (χ3n) is 3.14. The van der Waals surface area contributed by atoms with Crippen LogP contribution in [0.1, 0.15) is 5.56 Å². The van der Waals surface area contributed by atoms with Crippen molar-refractivity contribution in [1.29, 1.82) is 0 Å². The summed E-state index contributed by atoms with van der Waals surface area (Å²) in [6.07, 6.45) is 0.583. The van der Waals surface area contributed by atoms with Gasteiger partial charge in [-0.2, -0.15) is 0 Å². The van der Waals surface area contributed by atoms with Crippen LogP contribution in [0.3, 0.4) is 0 Å². The van der Waals surface area contributed by atoms with E-state index in [2.05, 4.69) is 10.3 Å². The Morgan fingerprint density at radius 1 is 1.23 bits per heavy atom. The molecular weight excluding hydrogens is 323 g/mol. The Morgan fingerprint density at radius 2 is 2.00 bits per heavy atom. The molecule has 1 amide bonds. The number of carbonyl (C=O) groups is 1. The van der Waals surface area contributed by atoms with Crippen molar-refractivity contribution < 1.29 is 9.18 Å². The van der Waals surface area contributed by atoms with E-state index in [0.29, 0.717) is 22.3 Å². The Balaban J connectivity index is 1.71. The molecule has 0 saturated carbocycles. The highest BCUT2D eigenvalue weighted by atomic mass is 35.5. The van der Waals surface area contributed by atoms with Gasteiger partial charge >= 0.3 is 0 Å². The van der Waals surface area contributed by atoms with E-state index in [1.54, 1.807) is 18.2 Å². The first-order valence-corrected chi connectivity index (χ1v) is 7.92. The lowest BCUT2D eigenvalue weighted by atomic mass is 10.1. The number of amidine groups is 1. The Morgan fingerprint density at radius 3 is 2.73 bits per heavy atom. The molecule has 3 rings (SSSR count). The molecule has 1 heterocycles. The standard InChI is InChI=1S/C16H12ClFN2OS/c17-11-3-1-2-10(8-11)9-14-15(21)20-16(22-14)19-13-6-4-12(18)5-7-13/h1-8,14H,9H2,(H,19,20,21)/t14-/m0/s1. The number of amides is 1. The molecule has 1 atom stereocenters. The van der Waals surface area contributed by atoms with Crippen LogP contribution in [0.2, 0.25) is 5.02 Å². The molecule has 1 fully saturated rings. The largest absolute Gasteiger partial charge is 0.304 e. The van der Waals surface area contributed by atoms with Gasteiger partial charge in [0, 0.05) is 5.02 Å². The fraction of sp³-hybridized carbons (Fsp3) is 0.125. The highest BCUT2D eigenvalue weighted by Crippen LogP contribution is 2.26. The SMILES string of the molecule is O=C1NC(=Nc2ccc(F)cc2)S[C@H]1Cc1cccc(Cl)c1. The quantitative estimate of drug-likeness (QED) is 0.923. The fourth-order valence-electron chi connectivity index (χ4n) is 2.10. The number of hydrogen-bond acceptors (Lipinski definition) is 3. The number of benzene rings is 2. The normalized spacial score (nSPS) is 19.5. The summed E-state index contributed by atoms with van der Waals surface area (Å²) in [7, 11) is 0. The van der Waals surface area contributed by atoms with E-state index in [9.17, 15) is 9.18 Å². The predicted molar refractivity (Wildman–Crippen MR) is 88.2 cm³/mol. The van der Waals surface area contributed by atoms with Gasteiger partial charge in [0.15, 0.2) is 5.17 Å². The zero-order valence-corrected chi connectivity index (χ0v) is 13.0. The van der Waals surface area contributed by atoms with Crippen molar-refractivity contribution in [2.75, 3.05) is 0 Å². The molecule has 112 valence electrons. The van der Waals surface area contributed by atoms with Crippen LogP contribution >= 0.6 is 23.4 Å². The summed E-state index contributed by atoms with van der Waals surface area (Å²) in [4.78, 5) is 16.3. The molecule has 1 saturated heterocycles.